The largest absolute Gasteiger partial charge is 0.482 e. The number of ketones is 1. The quantitative estimate of drug-likeness (QED) is 0.586. The van der Waals surface area contributed by atoms with Gasteiger partial charge < -0.3 is 14.2 Å². The van der Waals surface area contributed by atoms with Crippen LogP contribution < -0.4 is 9.47 Å². The predicted molar refractivity (Wildman–Crippen MR) is 97.2 cm³/mol. The van der Waals surface area contributed by atoms with Gasteiger partial charge in [-0.05, 0) is 56.2 Å². The van der Waals surface area contributed by atoms with E-state index in [2.05, 4.69) is 0 Å². The van der Waals surface area contributed by atoms with Crippen LogP contribution in [-0.2, 0) is 9.53 Å². The normalized spacial score (nSPS) is 14.3. The molecule has 140 valence electrons. The van der Waals surface area contributed by atoms with Crippen molar-refractivity contribution in [3.8, 4) is 11.5 Å². The highest BCUT2D eigenvalue weighted by Gasteiger charge is 2.30. The number of fused-ring (bicyclic) bond motifs is 1. The maximum atomic E-state index is 13.3. The topological polar surface area (TPSA) is 61.8 Å². The first kappa shape index (κ1) is 18.6. The van der Waals surface area contributed by atoms with Gasteiger partial charge in [-0.3, -0.25) is 4.79 Å². The lowest BCUT2D eigenvalue weighted by Gasteiger charge is -2.10. The minimum atomic E-state index is -0.480. The molecule has 1 aliphatic rings. The lowest BCUT2D eigenvalue weighted by Crippen LogP contribution is -2.18. The van der Waals surface area contributed by atoms with Gasteiger partial charge in [0.05, 0.1) is 11.7 Å². The number of benzene rings is 2. The molecule has 0 spiro atoms. The summed E-state index contributed by atoms with van der Waals surface area (Å²) in [5.74, 6) is -0.312. The molecule has 2 aromatic carbocycles. The molecule has 0 amide bonds. The minimum Gasteiger partial charge on any atom is -0.482 e. The Hall–Kier alpha value is -3.15. The predicted octanol–water partition coefficient (Wildman–Crippen LogP) is 4.08. The Kier molecular flexibility index (Phi) is 5.26. The molecule has 0 saturated carbocycles. The summed E-state index contributed by atoms with van der Waals surface area (Å²) in [6, 6.07) is 9.09. The van der Waals surface area contributed by atoms with Crippen molar-refractivity contribution in [3.63, 3.8) is 0 Å². The van der Waals surface area contributed by atoms with Crippen LogP contribution in [-0.4, -0.2) is 24.5 Å². The van der Waals surface area contributed by atoms with Gasteiger partial charge in [0.2, 0.25) is 5.78 Å². The first-order chi connectivity index (χ1) is 12.8. The van der Waals surface area contributed by atoms with Gasteiger partial charge in [-0.2, -0.15) is 0 Å². The molecule has 0 N–H and O–H groups in total. The van der Waals surface area contributed by atoms with E-state index in [1.54, 1.807) is 45.0 Å². The number of carbonyl (C=O) groups excluding carboxylic acids is 2. The molecular weight excluding hydrogens is 351 g/mol. The van der Waals surface area contributed by atoms with Gasteiger partial charge in [-0.25, -0.2) is 9.18 Å². The number of carbonyl (C=O) groups is 2. The standard InChI is InChI=1S/C21H19FO5/c1-12(2)26-19(23)11-25-16-7-13(3)20-17(10-16)27-18(21(20)24)9-14-5-4-6-15(22)8-14/h4-10,12H,11H2,1-3H3/b18-9-. The molecule has 5 nitrogen and oxygen atoms in total. The lowest BCUT2D eigenvalue weighted by molar-refractivity contribution is -0.149. The van der Waals surface area contributed by atoms with Crippen LogP contribution in [0.2, 0.25) is 0 Å². The summed E-state index contributed by atoms with van der Waals surface area (Å²) in [6.45, 7) is 5.02. The number of rotatable bonds is 5. The zero-order chi connectivity index (χ0) is 19.6. The number of hydrogen-bond donors (Lipinski definition) is 0. The second kappa shape index (κ2) is 7.61. The fourth-order valence-electron chi connectivity index (χ4n) is 2.75. The summed E-state index contributed by atoms with van der Waals surface area (Å²) in [5.41, 5.74) is 1.61. The van der Waals surface area contributed by atoms with Gasteiger partial charge in [0.15, 0.2) is 12.4 Å². The van der Waals surface area contributed by atoms with E-state index >= 15 is 0 Å². The van der Waals surface area contributed by atoms with Crippen LogP contribution in [0.25, 0.3) is 6.08 Å². The molecule has 0 bridgehead atoms. The Balaban J connectivity index is 1.80. The van der Waals surface area contributed by atoms with Gasteiger partial charge >= 0.3 is 5.97 Å². The van der Waals surface area contributed by atoms with Crippen molar-refractivity contribution in [2.75, 3.05) is 6.61 Å². The van der Waals surface area contributed by atoms with Crippen LogP contribution in [0.5, 0.6) is 11.5 Å². The van der Waals surface area contributed by atoms with Gasteiger partial charge in [-0.15, -0.1) is 0 Å². The van der Waals surface area contributed by atoms with E-state index in [-0.39, 0.29) is 24.3 Å². The Morgan fingerprint density at radius 3 is 2.74 bits per heavy atom. The molecular formula is C21H19FO5. The van der Waals surface area contributed by atoms with Crippen molar-refractivity contribution < 1.29 is 28.2 Å². The fraction of sp³-hybridized carbons (Fsp3) is 0.238. The van der Waals surface area contributed by atoms with Crippen LogP contribution in [0, 0.1) is 12.7 Å². The third-order valence-corrected chi connectivity index (χ3v) is 3.81. The SMILES string of the molecule is Cc1cc(OCC(=O)OC(C)C)cc2c1C(=O)/C(=C/c1cccc(F)c1)O2. The first-order valence-corrected chi connectivity index (χ1v) is 8.50. The third-order valence-electron chi connectivity index (χ3n) is 3.81. The Labute approximate surface area is 156 Å². The summed E-state index contributed by atoms with van der Waals surface area (Å²) >= 11 is 0. The number of Topliss-reactive ketones (excluding diaryl/α,β-unsaturated/α-hetero) is 1. The van der Waals surface area contributed by atoms with Crippen molar-refractivity contribution in [2.24, 2.45) is 0 Å². The molecule has 1 aliphatic heterocycles. The van der Waals surface area contributed by atoms with Gasteiger partial charge in [0, 0.05) is 6.07 Å². The van der Waals surface area contributed by atoms with Gasteiger partial charge in [0.1, 0.15) is 17.3 Å². The second-order valence-electron chi connectivity index (χ2n) is 6.44. The maximum Gasteiger partial charge on any atom is 0.344 e. The van der Waals surface area contributed by atoms with E-state index in [1.165, 1.54) is 18.2 Å². The molecule has 27 heavy (non-hydrogen) atoms. The second-order valence-corrected chi connectivity index (χ2v) is 6.44. The van der Waals surface area contributed by atoms with Crippen molar-refractivity contribution in [1.29, 1.82) is 0 Å². The average molecular weight is 370 g/mol. The lowest BCUT2D eigenvalue weighted by atomic mass is 10.0. The molecule has 2 aromatic rings. The van der Waals surface area contributed by atoms with Crippen LogP contribution >= 0.6 is 0 Å². The number of esters is 1. The first-order valence-electron chi connectivity index (χ1n) is 8.50. The summed E-state index contributed by atoms with van der Waals surface area (Å²) in [7, 11) is 0. The summed E-state index contributed by atoms with van der Waals surface area (Å²) < 4.78 is 29.4. The maximum absolute atomic E-state index is 13.3. The molecule has 0 saturated heterocycles. The smallest absolute Gasteiger partial charge is 0.344 e. The highest BCUT2D eigenvalue weighted by molar-refractivity contribution is 6.15. The van der Waals surface area contributed by atoms with Crippen molar-refractivity contribution in [3.05, 3.63) is 64.7 Å². The molecule has 1 heterocycles. The summed E-state index contributed by atoms with van der Waals surface area (Å²) in [4.78, 5) is 24.2. The Morgan fingerprint density at radius 1 is 1.26 bits per heavy atom. The van der Waals surface area contributed by atoms with Gasteiger partial charge in [-0.1, -0.05) is 12.1 Å². The van der Waals surface area contributed by atoms with E-state index in [0.717, 1.165) is 0 Å². The van der Waals surface area contributed by atoms with Crippen LogP contribution in [0.4, 0.5) is 4.39 Å². The number of hydrogen-bond acceptors (Lipinski definition) is 5. The molecule has 3 rings (SSSR count). The number of allylic oxidation sites excluding steroid dienone is 1. The highest BCUT2D eigenvalue weighted by Crippen LogP contribution is 2.37. The molecule has 6 heteroatoms. The molecule has 0 radical (unpaired) electrons. The van der Waals surface area contributed by atoms with Crippen molar-refractivity contribution in [2.45, 2.75) is 26.9 Å². The minimum absolute atomic E-state index is 0.107. The molecule has 0 aliphatic carbocycles. The van der Waals surface area contributed by atoms with Crippen LogP contribution in [0.15, 0.2) is 42.2 Å². The zero-order valence-electron chi connectivity index (χ0n) is 15.2. The number of aryl methyl sites for hydroxylation is 1. The van der Waals surface area contributed by atoms with E-state index in [0.29, 0.717) is 28.2 Å². The molecule has 0 fully saturated rings. The van der Waals surface area contributed by atoms with Gasteiger partial charge in [0.25, 0.3) is 0 Å². The van der Waals surface area contributed by atoms with E-state index in [1.807, 2.05) is 0 Å². The molecule has 0 atom stereocenters. The molecule has 0 unspecified atom stereocenters. The molecule has 0 aromatic heterocycles. The van der Waals surface area contributed by atoms with Crippen LogP contribution in [0.3, 0.4) is 0 Å². The fourth-order valence-corrected chi connectivity index (χ4v) is 2.75. The van der Waals surface area contributed by atoms with Crippen molar-refractivity contribution >= 4 is 17.8 Å². The Bertz CT molecular complexity index is 930. The average Bonchev–Trinajstić information content (AvgIpc) is 2.88. The van der Waals surface area contributed by atoms with E-state index < -0.39 is 11.8 Å². The summed E-state index contributed by atoms with van der Waals surface area (Å²) in [6.07, 6.45) is 1.27. The van der Waals surface area contributed by atoms with Crippen LogP contribution in [0.1, 0.15) is 35.3 Å². The monoisotopic (exact) mass is 370 g/mol. The number of ether oxygens (including phenoxy) is 3. The summed E-state index contributed by atoms with van der Waals surface area (Å²) in [5, 5.41) is 0. The number of halogens is 1. The van der Waals surface area contributed by atoms with E-state index in [4.69, 9.17) is 14.2 Å². The highest BCUT2D eigenvalue weighted by atomic mass is 19.1. The zero-order valence-corrected chi connectivity index (χ0v) is 15.2. The Morgan fingerprint density at radius 2 is 2.04 bits per heavy atom. The van der Waals surface area contributed by atoms with E-state index in [9.17, 15) is 14.0 Å². The third kappa shape index (κ3) is 4.34. The van der Waals surface area contributed by atoms with Crippen molar-refractivity contribution in [1.82, 2.24) is 0 Å².